The summed E-state index contributed by atoms with van der Waals surface area (Å²) in [5.41, 5.74) is 2.28. The second kappa shape index (κ2) is 6.36. The molecule has 0 aromatic heterocycles. The molecule has 0 aromatic carbocycles. The van der Waals surface area contributed by atoms with E-state index in [1.54, 1.807) is 6.20 Å². The molecule has 0 aliphatic rings. The molecular weight excluding hydrogens is 170 g/mol. The number of hydrogen-bond donors (Lipinski definition) is 0. The van der Waals surface area contributed by atoms with E-state index in [9.17, 15) is 0 Å². The molecule has 0 amide bonds. The van der Waals surface area contributed by atoms with Crippen LogP contribution >= 0.6 is 0 Å². The highest BCUT2D eigenvalue weighted by Gasteiger charge is 2.04. The lowest BCUT2D eigenvalue weighted by Crippen LogP contribution is -2.06. The molecule has 0 bridgehead atoms. The summed E-state index contributed by atoms with van der Waals surface area (Å²) < 4.78 is 0. The van der Waals surface area contributed by atoms with E-state index < -0.39 is 0 Å². The fraction of sp³-hybridized carbons (Fsp3) is 0.462. The predicted molar refractivity (Wildman–Crippen MR) is 65.6 cm³/mol. The van der Waals surface area contributed by atoms with Gasteiger partial charge >= 0.3 is 0 Å². The Morgan fingerprint density at radius 3 is 1.93 bits per heavy atom. The number of rotatable bonds is 5. The second-order valence-corrected chi connectivity index (χ2v) is 3.89. The summed E-state index contributed by atoms with van der Waals surface area (Å²) in [7, 11) is 0. The molecule has 1 heteroatoms. The molecule has 0 heterocycles. The number of aliphatic imine (C=N–C) groups is 1. The van der Waals surface area contributed by atoms with Crippen molar-refractivity contribution < 1.29 is 0 Å². The van der Waals surface area contributed by atoms with E-state index in [2.05, 4.69) is 51.9 Å². The maximum atomic E-state index is 4.25. The molecule has 0 spiro atoms. The van der Waals surface area contributed by atoms with Gasteiger partial charge in [-0.2, -0.15) is 0 Å². The summed E-state index contributed by atoms with van der Waals surface area (Å²) in [5, 5.41) is 0. The Balaban J connectivity index is 4.95. The zero-order chi connectivity index (χ0) is 11.1. The molecule has 0 atom stereocenters. The lowest BCUT2D eigenvalue weighted by molar-refractivity contribution is 0.790. The first-order chi connectivity index (χ1) is 6.52. The van der Waals surface area contributed by atoms with Crippen molar-refractivity contribution >= 4 is 5.71 Å². The van der Waals surface area contributed by atoms with E-state index >= 15 is 0 Å². The quantitative estimate of drug-likeness (QED) is 0.460. The Bertz CT molecular complexity index is 254. The maximum absolute atomic E-state index is 4.25. The standard InChI is InChI=1S/C13H21N/c1-7-12(10(3)4)9-13(11(5)6)14-8-2/h7-11H,1-2H2,3-6H3/b12-9+,14-13?. The summed E-state index contributed by atoms with van der Waals surface area (Å²) in [6, 6.07) is 0. The van der Waals surface area contributed by atoms with Gasteiger partial charge in [0.1, 0.15) is 0 Å². The van der Waals surface area contributed by atoms with E-state index in [-0.39, 0.29) is 0 Å². The van der Waals surface area contributed by atoms with Crippen molar-refractivity contribution in [2.24, 2.45) is 16.8 Å². The summed E-state index contributed by atoms with van der Waals surface area (Å²) in [5.74, 6) is 0.906. The van der Waals surface area contributed by atoms with Crippen molar-refractivity contribution in [2.75, 3.05) is 0 Å². The second-order valence-electron chi connectivity index (χ2n) is 3.89. The van der Waals surface area contributed by atoms with Crippen LogP contribution < -0.4 is 0 Å². The van der Waals surface area contributed by atoms with Gasteiger partial charge < -0.3 is 0 Å². The van der Waals surface area contributed by atoms with Gasteiger partial charge in [0.05, 0.1) is 0 Å². The largest absolute Gasteiger partial charge is 0.262 e. The van der Waals surface area contributed by atoms with Crippen LogP contribution in [0, 0.1) is 11.8 Å². The Morgan fingerprint density at radius 2 is 1.64 bits per heavy atom. The number of allylic oxidation sites excluding steroid dienone is 3. The van der Waals surface area contributed by atoms with Gasteiger partial charge in [0.2, 0.25) is 0 Å². The van der Waals surface area contributed by atoms with Crippen molar-refractivity contribution in [3.8, 4) is 0 Å². The molecule has 0 N–H and O–H groups in total. The zero-order valence-corrected chi connectivity index (χ0v) is 9.75. The normalized spacial score (nSPS) is 13.6. The predicted octanol–water partition coefficient (Wildman–Crippen LogP) is 4.00. The maximum Gasteiger partial charge on any atom is 0.0431 e. The average molecular weight is 191 g/mol. The Morgan fingerprint density at radius 1 is 1.07 bits per heavy atom. The molecule has 0 saturated heterocycles. The van der Waals surface area contributed by atoms with Crippen LogP contribution in [0.3, 0.4) is 0 Å². The smallest absolute Gasteiger partial charge is 0.0431 e. The molecular formula is C13H21N. The lowest BCUT2D eigenvalue weighted by atomic mass is 9.98. The van der Waals surface area contributed by atoms with E-state index in [1.165, 1.54) is 5.57 Å². The fourth-order valence-corrected chi connectivity index (χ4v) is 1.09. The Kier molecular flexibility index (Phi) is 5.86. The number of nitrogens with zero attached hydrogens (tertiary/aromatic N) is 1. The Labute approximate surface area is 87.9 Å². The van der Waals surface area contributed by atoms with Gasteiger partial charge in [-0.1, -0.05) is 46.9 Å². The van der Waals surface area contributed by atoms with Gasteiger partial charge in [-0.05, 0) is 23.5 Å². The van der Waals surface area contributed by atoms with E-state index in [4.69, 9.17) is 0 Å². The minimum absolute atomic E-state index is 0.418. The van der Waals surface area contributed by atoms with Crippen molar-refractivity contribution in [1.29, 1.82) is 0 Å². The first kappa shape index (κ1) is 12.9. The monoisotopic (exact) mass is 191 g/mol. The van der Waals surface area contributed by atoms with Crippen LogP contribution in [-0.2, 0) is 0 Å². The number of hydrogen-bond acceptors (Lipinski definition) is 1. The minimum atomic E-state index is 0.418. The highest BCUT2D eigenvalue weighted by molar-refractivity contribution is 5.97. The average Bonchev–Trinajstić information content (AvgIpc) is 2.11. The molecule has 14 heavy (non-hydrogen) atoms. The van der Waals surface area contributed by atoms with E-state index in [0.717, 1.165) is 5.71 Å². The van der Waals surface area contributed by atoms with E-state index in [0.29, 0.717) is 11.8 Å². The topological polar surface area (TPSA) is 12.4 Å². The van der Waals surface area contributed by atoms with E-state index in [1.807, 2.05) is 6.08 Å². The molecule has 0 rings (SSSR count). The molecule has 0 saturated carbocycles. The van der Waals surface area contributed by atoms with Gasteiger partial charge in [0.25, 0.3) is 0 Å². The first-order valence-corrected chi connectivity index (χ1v) is 5.05. The van der Waals surface area contributed by atoms with Gasteiger partial charge in [-0.3, -0.25) is 4.99 Å². The van der Waals surface area contributed by atoms with Crippen molar-refractivity contribution in [3.05, 3.63) is 37.1 Å². The van der Waals surface area contributed by atoms with Crippen molar-refractivity contribution in [3.63, 3.8) is 0 Å². The van der Waals surface area contributed by atoms with Gasteiger partial charge in [-0.25, -0.2) is 0 Å². The van der Waals surface area contributed by atoms with Crippen molar-refractivity contribution in [1.82, 2.24) is 0 Å². The van der Waals surface area contributed by atoms with Gasteiger partial charge in [0, 0.05) is 11.9 Å². The third kappa shape index (κ3) is 4.22. The SMILES string of the molecule is C=CN=C(/C=C(\C=C)C(C)C)C(C)C. The lowest BCUT2D eigenvalue weighted by Gasteiger charge is -2.09. The molecule has 0 aliphatic carbocycles. The molecule has 0 fully saturated rings. The summed E-state index contributed by atoms with van der Waals surface area (Å²) in [6.07, 6.45) is 5.59. The van der Waals surface area contributed by atoms with Crippen LogP contribution in [0.4, 0.5) is 0 Å². The summed E-state index contributed by atoms with van der Waals surface area (Å²) >= 11 is 0. The van der Waals surface area contributed by atoms with Gasteiger partial charge in [-0.15, -0.1) is 0 Å². The summed E-state index contributed by atoms with van der Waals surface area (Å²) in [4.78, 5) is 4.25. The third-order valence-corrected chi connectivity index (χ3v) is 2.05. The molecule has 0 unspecified atom stereocenters. The van der Waals surface area contributed by atoms with Gasteiger partial charge in [0.15, 0.2) is 0 Å². The van der Waals surface area contributed by atoms with Crippen LogP contribution in [0.1, 0.15) is 27.7 Å². The van der Waals surface area contributed by atoms with Crippen LogP contribution in [0.5, 0.6) is 0 Å². The third-order valence-electron chi connectivity index (χ3n) is 2.05. The molecule has 0 aliphatic heterocycles. The zero-order valence-electron chi connectivity index (χ0n) is 9.75. The minimum Gasteiger partial charge on any atom is -0.262 e. The Hall–Kier alpha value is -1.11. The highest BCUT2D eigenvalue weighted by atomic mass is 14.7. The molecule has 78 valence electrons. The van der Waals surface area contributed by atoms with Crippen LogP contribution in [-0.4, -0.2) is 5.71 Å². The fourth-order valence-electron chi connectivity index (χ4n) is 1.09. The first-order valence-electron chi connectivity index (χ1n) is 5.05. The van der Waals surface area contributed by atoms with Crippen LogP contribution in [0.2, 0.25) is 0 Å². The summed E-state index contributed by atoms with van der Waals surface area (Å²) in [6.45, 7) is 16.0. The van der Waals surface area contributed by atoms with Crippen LogP contribution in [0.25, 0.3) is 0 Å². The van der Waals surface area contributed by atoms with Crippen molar-refractivity contribution in [2.45, 2.75) is 27.7 Å². The highest BCUT2D eigenvalue weighted by Crippen LogP contribution is 2.12. The van der Waals surface area contributed by atoms with Crippen LogP contribution in [0.15, 0.2) is 42.1 Å². The molecule has 0 radical (unpaired) electrons. The molecule has 0 aromatic rings. The molecule has 1 nitrogen and oxygen atoms in total.